The van der Waals surface area contributed by atoms with Gasteiger partial charge in [0.2, 0.25) is 5.78 Å². The molecule has 2 aliphatic rings. The van der Waals surface area contributed by atoms with E-state index < -0.39 is 18.5 Å². The zero-order valence-electron chi connectivity index (χ0n) is 19.2. The number of ketones is 1. The largest absolute Gasteiger partial charge is 0.493 e. The standard InChI is InChI=1S/C27H20F2O7/c1-32-20-8-4-6-15(25(20)33-2)12-21-24(31)17-9-10-19-23(26(17)36-21)18(13-22(30)35-19)14-5-3-7-16(11-14)34-27(28)29/h3-12,18,27H,13H2,1-2H3/b21-12-/t18-/m1/s1. The number of benzene rings is 3. The number of rotatable bonds is 6. The van der Waals surface area contributed by atoms with E-state index in [1.165, 1.54) is 38.5 Å². The Hall–Kier alpha value is -4.40. The number of fused-ring (bicyclic) bond motifs is 3. The SMILES string of the molecule is COc1cccc(/C=C2\Oc3c(ccc4c3[C@@H](c3cccc(OC(F)F)c3)CC(=O)O4)C2=O)c1OC. The van der Waals surface area contributed by atoms with E-state index in [1.54, 1.807) is 36.4 Å². The molecule has 3 aromatic carbocycles. The third-order valence-electron chi connectivity index (χ3n) is 5.99. The average Bonchev–Trinajstić information content (AvgIpc) is 3.18. The molecule has 184 valence electrons. The van der Waals surface area contributed by atoms with Crippen molar-refractivity contribution in [1.82, 2.24) is 0 Å². The number of carbonyl (C=O) groups is 2. The molecule has 0 amide bonds. The summed E-state index contributed by atoms with van der Waals surface area (Å²) in [6.07, 6.45) is 1.49. The summed E-state index contributed by atoms with van der Waals surface area (Å²) in [5, 5.41) is 0. The summed E-state index contributed by atoms with van der Waals surface area (Å²) in [7, 11) is 3.00. The van der Waals surface area contributed by atoms with Crippen molar-refractivity contribution in [3.8, 4) is 28.7 Å². The van der Waals surface area contributed by atoms with Crippen molar-refractivity contribution in [3.05, 3.63) is 82.6 Å². The Kier molecular flexibility index (Phi) is 6.05. The molecule has 9 heteroatoms. The maximum absolute atomic E-state index is 13.2. The van der Waals surface area contributed by atoms with Crippen LogP contribution in [0.5, 0.6) is 28.7 Å². The summed E-state index contributed by atoms with van der Waals surface area (Å²) >= 11 is 0. The Balaban J connectivity index is 1.59. The molecule has 0 N–H and O–H groups in total. The molecule has 0 aliphatic carbocycles. The van der Waals surface area contributed by atoms with E-state index in [9.17, 15) is 18.4 Å². The van der Waals surface area contributed by atoms with Gasteiger partial charge in [-0.05, 0) is 42.0 Å². The molecule has 2 aliphatic heterocycles. The van der Waals surface area contributed by atoms with Crippen LogP contribution in [0.4, 0.5) is 8.78 Å². The van der Waals surface area contributed by atoms with Gasteiger partial charge in [-0.1, -0.05) is 24.3 Å². The first kappa shape index (κ1) is 23.3. The van der Waals surface area contributed by atoms with Crippen molar-refractivity contribution in [2.24, 2.45) is 0 Å². The number of methoxy groups -OCH3 is 2. The highest BCUT2D eigenvalue weighted by molar-refractivity contribution is 6.15. The number of carbonyl (C=O) groups excluding carboxylic acids is 2. The maximum atomic E-state index is 13.2. The highest BCUT2D eigenvalue weighted by atomic mass is 19.3. The van der Waals surface area contributed by atoms with E-state index in [1.807, 2.05) is 0 Å². The van der Waals surface area contributed by atoms with Gasteiger partial charge in [-0.3, -0.25) is 9.59 Å². The normalized spacial score (nSPS) is 17.4. The second-order valence-corrected chi connectivity index (χ2v) is 8.06. The first-order valence-corrected chi connectivity index (χ1v) is 11.0. The molecular weight excluding hydrogens is 474 g/mol. The highest BCUT2D eigenvalue weighted by Crippen LogP contribution is 2.49. The first-order valence-electron chi connectivity index (χ1n) is 11.0. The lowest BCUT2D eigenvalue weighted by Gasteiger charge is -2.26. The Morgan fingerprint density at radius 3 is 2.56 bits per heavy atom. The van der Waals surface area contributed by atoms with E-state index in [4.69, 9.17) is 18.9 Å². The lowest BCUT2D eigenvalue weighted by atomic mass is 9.84. The van der Waals surface area contributed by atoms with Gasteiger partial charge < -0.3 is 23.7 Å². The van der Waals surface area contributed by atoms with Gasteiger partial charge in [0, 0.05) is 17.0 Å². The molecular formula is C27H20F2O7. The molecule has 3 aromatic rings. The molecule has 0 radical (unpaired) electrons. The lowest BCUT2D eigenvalue weighted by Crippen LogP contribution is -2.21. The zero-order valence-corrected chi connectivity index (χ0v) is 19.2. The van der Waals surface area contributed by atoms with Crippen molar-refractivity contribution in [1.29, 1.82) is 0 Å². The quantitative estimate of drug-likeness (QED) is 0.259. The first-order chi connectivity index (χ1) is 17.4. The second-order valence-electron chi connectivity index (χ2n) is 8.06. The van der Waals surface area contributed by atoms with Crippen LogP contribution in [0.3, 0.4) is 0 Å². The minimum Gasteiger partial charge on any atom is -0.493 e. The predicted molar refractivity (Wildman–Crippen MR) is 124 cm³/mol. The van der Waals surface area contributed by atoms with Gasteiger partial charge in [0.15, 0.2) is 17.3 Å². The molecule has 2 heterocycles. The van der Waals surface area contributed by atoms with E-state index >= 15 is 0 Å². The Bertz CT molecular complexity index is 1400. The number of hydrogen-bond acceptors (Lipinski definition) is 7. The molecule has 0 unspecified atom stereocenters. The van der Waals surface area contributed by atoms with Gasteiger partial charge in [0.05, 0.1) is 26.2 Å². The fourth-order valence-electron chi connectivity index (χ4n) is 4.47. The van der Waals surface area contributed by atoms with E-state index in [-0.39, 0.29) is 35.2 Å². The number of alkyl halides is 2. The van der Waals surface area contributed by atoms with E-state index in [0.717, 1.165) is 0 Å². The maximum Gasteiger partial charge on any atom is 0.387 e. The molecule has 0 bridgehead atoms. The average molecular weight is 494 g/mol. The minimum absolute atomic E-state index is 0.0433. The molecule has 5 rings (SSSR count). The van der Waals surface area contributed by atoms with Gasteiger partial charge in [-0.15, -0.1) is 0 Å². The lowest BCUT2D eigenvalue weighted by molar-refractivity contribution is -0.135. The molecule has 7 nitrogen and oxygen atoms in total. The monoisotopic (exact) mass is 494 g/mol. The summed E-state index contributed by atoms with van der Waals surface area (Å²) in [4.78, 5) is 25.6. The van der Waals surface area contributed by atoms with E-state index in [2.05, 4.69) is 4.74 Å². The van der Waals surface area contributed by atoms with Gasteiger partial charge in [-0.2, -0.15) is 8.78 Å². The van der Waals surface area contributed by atoms with Crippen LogP contribution in [-0.4, -0.2) is 32.6 Å². The van der Waals surface area contributed by atoms with Crippen molar-refractivity contribution in [2.45, 2.75) is 19.0 Å². The summed E-state index contributed by atoms with van der Waals surface area (Å²) in [5.74, 6) is -0.0254. The van der Waals surface area contributed by atoms with Crippen LogP contribution in [0.1, 0.15) is 39.4 Å². The van der Waals surface area contributed by atoms with E-state index in [0.29, 0.717) is 33.8 Å². The van der Waals surface area contributed by atoms with Crippen LogP contribution in [0, 0.1) is 0 Å². The Morgan fingerprint density at radius 1 is 1.00 bits per heavy atom. The van der Waals surface area contributed by atoms with Crippen molar-refractivity contribution in [3.63, 3.8) is 0 Å². The van der Waals surface area contributed by atoms with Gasteiger partial charge in [-0.25, -0.2) is 0 Å². The number of ether oxygens (including phenoxy) is 5. The number of Topliss-reactive ketones (excluding diaryl/α,β-unsaturated/α-hetero) is 1. The fourth-order valence-corrected chi connectivity index (χ4v) is 4.47. The van der Waals surface area contributed by atoms with Gasteiger partial charge in [0.1, 0.15) is 17.2 Å². The number of allylic oxidation sites excluding steroid dienone is 1. The third kappa shape index (κ3) is 4.13. The molecule has 0 aromatic heterocycles. The van der Waals surface area contributed by atoms with Gasteiger partial charge in [0.25, 0.3) is 0 Å². The summed E-state index contributed by atoms with van der Waals surface area (Å²) in [5.41, 5.74) is 1.89. The summed E-state index contributed by atoms with van der Waals surface area (Å²) in [6.45, 7) is -2.99. The zero-order chi connectivity index (χ0) is 25.4. The van der Waals surface area contributed by atoms with Crippen molar-refractivity contribution >= 4 is 17.8 Å². The van der Waals surface area contributed by atoms with Crippen LogP contribution in [0.25, 0.3) is 6.08 Å². The Labute approximate surface area is 204 Å². The number of para-hydroxylation sites is 1. The molecule has 36 heavy (non-hydrogen) atoms. The summed E-state index contributed by atoms with van der Waals surface area (Å²) in [6, 6.07) is 14.4. The number of halogens is 2. The van der Waals surface area contributed by atoms with Crippen LogP contribution in [0.15, 0.2) is 60.4 Å². The molecule has 0 spiro atoms. The van der Waals surface area contributed by atoms with Crippen LogP contribution in [0.2, 0.25) is 0 Å². The number of esters is 1. The van der Waals surface area contributed by atoms with Crippen LogP contribution in [-0.2, 0) is 4.79 Å². The molecule has 0 saturated heterocycles. The number of hydrogen-bond donors (Lipinski definition) is 0. The minimum atomic E-state index is -2.99. The third-order valence-corrected chi connectivity index (χ3v) is 5.99. The predicted octanol–water partition coefficient (Wildman–Crippen LogP) is 5.36. The van der Waals surface area contributed by atoms with Crippen molar-refractivity contribution < 1.29 is 42.1 Å². The highest BCUT2D eigenvalue weighted by Gasteiger charge is 2.38. The smallest absolute Gasteiger partial charge is 0.387 e. The molecule has 1 atom stereocenters. The molecule has 0 saturated carbocycles. The Morgan fingerprint density at radius 2 is 1.81 bits per heavy atom. The van der Waals surface area contributed by atoms with Crippen molar-refractivity contribution in [2.75, 3.05) is 14.2 Å². The molecule has 0 fully saturated rings. The fraction of sp³-hybridized carbons (Fsp3) is 0.185. The second kappa shape index (κ2) is 9.33. The van der Waals surface area contributed by atoms with Crippen LogP contribution < -0.4 is 23.7 Å². The topological polar surface area (TPSA) is 80.3 Å². The van der Waals surface area contributed by atoms with Crippen LogP contribution >= 0.6 is 0 Å². The summed E-state index contributed by atoms with van der Waals surface area (Å²) < 4.78 is 52.3. The van der Waals surface area contributed by atoms with Gasteiger partial charge >= 0.3 is 12.6 Å².